The van der Waals surface area contributed by atoms with Crippen LogP contribution in [0.1, 0.15) is 85.8 Å². The summed E-state index contributed by atoms with van der Waals surface area (Å²) in [5.74, 6) is 0.123. The van der Waals surface area contributed by atoms with Crippen molar-refractivity contribution in [1.29, 1.82) is 0 Å². The highest BCUT2D eigenvalue weighted by Crippen LogP contribution is 2.48. The molecule has 1 N–H and O–H groups in total. The van der Waals surface area contributed by atoms with Gasteiger partial charge < -0.3 is 28.6 Å². The third-order valence-corrected chi connectivity index (χ3v) is 9.69. The smallest absolute Gasteiger partial charge is 0.410 e. The molecule has 1 amide bonds. The Labute approximate surface area is 295 Å². The van der Waals surface area contributed by atoms with Crippen molar-refractivity contribution in [1.82, 2.24) is 9.47 Å². The zero-order valence-electron chi connectivity index (χ0n) is 29.8. The number of carbonyl (C=O) groups is 2. The summed E-state index contributed by atoms with van der Waals surface area (Å²) in [5.41, 5.74) is 5.92. The molecule has 1 aliphatic carbocycles. The molecule has 6 rings (SSSR count). The average molecular weight is 683 g/mol. The van der Waals surface area contributed by atoms with Gasteiger partial charge in [0.2, 0.25) is 0 Å². The Morgan fingerprint density at radius 1 is 0.940 bits per heavy atom. The van der Waals surface area contributed by atoms with E-state index in [9.17, 15) is 14.7 Å². The van der Waals surface area contributed by atoms with Crippen LogP contribution in [0, 0.1) is 6.92 Å². The molecule has 50 heavy (non-hydrogen) atoms. The van der Waals surface area contributed by atoms with E-state index in [1.165, 1.54) is 12.0 Å². The first-order chi connectivity index (χ1) is 24.1. The lowest BCUT2D eigenvalue weighted by Gasteiger charge is -2.36. The van der Waals surface area contributed by atoms with E-state index in [0.717, 1.165) is 64.7 Å². The summed E-state index contributed by atoms with van der Waals surface area (Å²) >= 11 is 0. The first-order valence-electron chi connectivity index (χ1n) is 17.9. The van der Waals surface area contributed by atoms with E-state index in [0.29, 0.717) is 32.3 Å². The highest BCUT2D eigenvalue weighted by atomic mass is 16.6. The fourth-order valence-electron chi connectivity index (χ4n) is 7.37. The Bertz CT molecular complexity index is 1790. The number of carboxylic acids is 1. The standard InChI is InChI=1S/C41H50N2O7/c1-28-12-11-17-35-36(28)38-37(30-15-9-6-10-16-30)33-19-18-31(39(44)45)24-34(33)43(38)25-32(27-49-35)42(40(46)50-41(2,3)4)20-21-47-22-23-48-26-29-13-7-5-8-14-29/h5,7-8,11-14,17-19,24,30,32H,6,9-10,15-16,20-23,25-27H2,1-4H3,(H,44,45)/t32-/m1/s1. The Morgan fingerprint density at radius 3 is 2.44 bits per heavy atom. The van der Waals surface area contributed by atoms with E-state index in [4.69, 9.17) is 18.9 Å². The van der Waals surface area contributed by atoms with Gasteiger partial charge in [-0.15, -0.1) is 0 Å². The van der Waals surface area contributed by atoms with Crippen LogP contribution in [0.25, 0.3) is 22.2 Å². The second-order valence-corrected chi connectivity index (χ2v) is 14.5. The molecule has 0 radical (unpaired) electrons. The minimum absolute atomic E-state index is 0.229. The predicted octanol–water partition coefficient (Wildman–Crippen LogP) is 8.59. The number of amides is 1. The van der Waals surface area contributed by atoms with Crippen molar-refractivity contribution in [3.05, 3.63) is 89.0 Å². The molecule has 2 aliphatic rings. The molecule has 2 heterocycles. The Kier molecular flexibility index (Phi) is 11.1. The van der Waals surface area contributed by atoms with E-state index in [1.807, 2.05) is 69.3 Å². The van der Waals surface area contributed by atoms with Gasteiger partial charge in [-0.05, 0) is 81.3 Å². The minimum Gasteiger partial charge on any atom is -0.491 e. The topological polar surface area (TPSA) is 99.5 Å². The van der Waals surface area contributed by atoms with Crippen LogP contribution in [0.3, 0.4) is 0 Å². The number of nitrogens with zero attached hydrogens (tertiary/aromatic N) is 2. The fourth-order valence-corrected chi connectivity index (χ4v) is 7.37. The summed E-state index contributed by atoms with van der Waals surface area (Å²) in [7, 11) is 0. The number of aromatic nitrogens is 1. The lowest BCUT2D eigenvalue weighted by molar-refractivity contribution is -0.00656. The number of aryl methyl sites for hydroxylation is 1. The zero-order valence-corrected chi connectivity index (χ0v) is 29.8. The average Bonchev–Trinajstić information content (AvgIpc) is 3.39. The molecule has 4 aromatic rings. The number of rotatable bonds is 11. The Hall–Kier alpha value is -4.34. The van der Waals surface area contributed by atoms with E-state index < -0.39 is 23.7 Å². The van der Waals surface area contributed by atoms with Crippen molar-refractivity contribution in [3.8, 4) is 17.0 Å². The van der Waals surface area contributed by atoms with E-state index >= 15 is 0 Å². The third kappa shape index (κ3) is 8.16. The Morgan fingerprint density at radius 2 is 1.70 bits per heavy atom. The first kappa shape index (κ1) is 35.5. The minimum atomic E-state index is -0.968. The van der Waals surface area contributed by atoms with Gasteiger partial charge in [-0.3, -0.25) is 4.90 Å². The van der Waals surface area contributed by atoms with Gasteiger partial charge in [0.15, 0.2) is 0 Å². The van der Waals surface area contributed by atoms with Crippen molar-refractivity contribution in [3.63, 3.8) is 0 Å². The van der Waals surface area contributed by atoms with Gasteiger partial charge in [0, 0.05) is 29.6 Å². The van der Waals surface area contributed by atoms with Crippen LogP contribution in [-0.2, 0) is 27.4 Å². The summed E-state index contributed by atoms with van der Waals surface area (Å²) in [4.78, 5) is 27.9. The van der Waals surface area contributed by atoms with Crippen molar-refractivity contribution >= 4 is 23.0 Å². The molecule has 0 saturated heterocycles. The number of carbonyl (C=O) groups excluding carboxylic acids is 1. The molecule has 1 aromatic heterocycles. The molecule has 9 nitrogen and oxygen atoms in total. The number of fused-ring (bicyclic) bond motifs is 5. The normalized spacial score (nSPS) is 16.5. The van der Waals surface area contributed by atoms with E-state index in [1.54, 1.807) is 17.0 Å². The van der Waals surface area contributed by atoms with E-state index in [-0.39, 0.29) is 25.3 Å². The van der Waals surface area contributed by atoms with Gasteiger partial charge in [-0.25, -0.2) is 9.59 Å². The van der Waals surface area contributed by atoms with Gasteiger partial charge in [0.1, 0.15) is 18.0 Å². The highest BCUT2D eigenvalue weighted by Gasteiger charge is 2.35. The number of benzene rings is 3. The zero-order chi connectivity index (χ0) is 35.3. The molecule has 0 spiro atoms. The molecule has 1 fully saturated rings. The van der Waals surface area contributed by atoms with Crippen LogP contribution in [-0.4, -0.2) is 71.3 Å². The maximum absolute atomic E-state index is 13.9. The monoisotopic (exact) mass is 682 g/mol. The summed E-state index contributed by atoms with van der Waals surface area (Å²) < 4.78 is 26.6. The molecule has 9 heteroatoms. The molecule has 266 valence electrons. The SMILES string of the molecule is Cc1cccc2c1-c1c(C3CCCCC3)c3ccc(C(=O)O)cc3n1C[C@@H](N(CCOCCOCc1ccccc1)C(=O)OC(C)(C)C)CO2. The number of hydrogen-bond acceptors (Lipinski definition) is 6. The van der Waals surface area contributed by atoms with E-state index in [2.05, 4.69) is 17.6 Å². The van der Waals surface area contributed by atoms with Crippen LogP contribution in [0.4, 0.5) is 4.79 Å². The van der Waals surface area contributed by atoms with Gasteiger partial charge >= 0.3 is 12.1 Å². The first-order valence-corrected chi connectivity index (χ1v) is 17.9. The lowest BCUT2D eigenvalue weighted by atomic mass is 9.81. The Balaban J connectivity index is 1.34. The van der Waals surface area contributed by atoms with Crippen molar-refractivity contribution < 1.29 is 33.6 Å². The van der Waals surface area contributed by atoms with Crippen LogP contribution in [0.2, 0.25) is 0 Å². The molecule has 1 saturated carbocycles. The maximum Gasteiger partial charge on any atom is 0.410 e. The summed E-state index contributed by atoms with van der Waals surface area (Å²) in [6.45, 7) is 10.2. The second-order valence-electron chi connectivity index (χ2n) is 14.5. The molecular formula is C41H50N2O7. The number of aromatic carboxylic acids is 1. The number of carboxylic acid groups (broad SMARTS) is 1. The van der Waals surface area contributed by atoms with Gasteiger partial charge in [0.05, 0.1) is 43.7 Å². The largest absolute Gasteiger partial charge is 0.491 e. The van der Waals surface area contributed by atoms with Crippen molar-refractivity contribution in [2.75, 3.05) is 33.0 Å². The molecule has 0 unspecified atom stereocenters. The quantitative estimate of drug-likeness (QED) is 0.158. The van der Waals surface area contributed by atoms with Crippen molar-refractivity contribution in [2.45, 2.75) is 90.5 Å². The summed E-state index contributed by atoms with van der Waals surface area (Å²) in [6.07, 6.45) is 5.25. The van der Waals surface area contributed by atoms with Crippen LogP contribution < -0.4 is 4.74 Å². The predicted molar refractivity (Wildman–Crippen MR) is 194 cm³/mol. The second kappa shape index (κ2) is 15.7. The molecule has 1 aliphatic heterocycles. The summed E-state index contributed by atoms with van der Waals surface area (Å²) in [5, 5.41) is 11.1. The lowest BCUT2D eigenvalue weighted by Crippen LogP contribution is -2.49. The van der Waals surface area contributed by atoms with Crippen LogP contribution in [0.5, 0.6) is 5.75 Å². The molecule has 3 aromatic carbocycles. The number of ether oxygens (including phenoxy) is 4. The highest BCUT2D eigenvalue weighted by molar-refractivity contribution is 5.99. The van der Waals surface area contributed by atoms with Crippen LogP contribution >= 0.6 is 0 Å². The number of hydrogen-bond donors (Lipinski definition) is 1. The van der Waals surface area contributed by atoms with Crippen LogP contribution in [0.15, 0.2) is 66.7 Å². The maximum atomic E-state index is 13.9. The molecule has 1 atom stereocenters. The van der Waals surface area contributed by atoms with Crippen molar-refractivity contribution in [2.24, 2.45) is 0 Å². The van der Waals surface area contributed by atoms with Gasteiger partial charge in [-0.1, -0.05) is 67.8 Å². The fraction of sp³-hybridized carbons (Fsp3) is 0.463. The third-order valence-electron chi connectivity index (χ3n) is 9.69. The van der Waals surface area contributed by atoms with Gasteiger partial charge in [0.25, 0.3) is 0 Å². The molecular weight excluding hydrogens is 632 g/mol. The molecule has 0 bridgehead atoms. The van der Waals surface area contributed by atoms with Gasteiger partial charge in [-0.2, -0.15) is 0 Å². The summed E-state index contributed by atoms with van der Waals surface area (Å²) in [6, 6.07) is 21.2.